The van der Waals surface area contributed by atoms with Crippen molar-refractivity contribution < 1.29 is 5.11 Å². The first-order valence-corrected chi connectivity index (χ1v) is 5.63. The molecule has 0 saturated carbocycles. The van der Waals surface area contributed by atoms with Crippen LogP contribution < -0.4 is 0 Å². The summed E-state index contributed by atoms with van der Waals surface area (Å²) >= 11 is 3.27. The van der Waals surface area contributed by atoms with Crippen LogP contribution in [0.25, 0.3) is 10.9 Å². The maximum atomic E-state index is 9.64. The van der Waals surface area contributed by atoms with Crippen molar-refractivity contribution in [1.82, 2.24) is 4.57 Å². The van der Waals surface area contributed by atoms with Crippen molar-refractivity contribution in [2.45, 2.75) is 6.10 Å². The highest BCUT2D eigenvalue weighted by molar-refractivity contribution is 9.09. The van der Waals surface area contributed by atoms with Gasteiger partial charge in [-0.3, -0.25) is 0 Å². The number of halogens is 1. The van der Waals surface area contributed by atoms with E-state index in [-0.39, 0.29) is 0 Å². The number of rotatable bonds is 2. The molecule has 1 aromatic carbocycles. The van der Waals surface area contributed by atoms with Gasteiger partial charge in [-0.25, -0.2) is 0 Å². The van der Waals surface area contributed by atoms with Crippen LogP contribution in [0, 0.1) is 0 Å². The first kappa shape index (κ1) is 9.74. The van der Waals surface area contributed by atoms with Crippen LogP contribution >= 0.6 is 15.9 Å². The van der Waals surface area contributed by atoms with E-state index < -0.39 is 6.10 Å². The molecule has 2 aromatic rings. The Labute approximate surface area is 91.3 Å². The van der Waals surface area contributed by atoms with Crippen molar-refractivity contribution in [2.75, 3.05) is 5.33 Å². The molecule has 0 bridgehead atoms. The summed E-state index contributed by atoms with van der Waals surface area (Å²) < 4.78 is 2.07. The second kappa shape index (κ2) is 3.75. The van der Waals surface area contributed by atoms with E-state index in [9.17, 15) is 5.11 Å². The summed E-state index contributed by atoms with van der Waals surface area (Å²) in [4.78, 5) is 0. The van der Waals surface area contributed by atoms with Gasteiger partial charge in [-0.05, 0) is 29.1 Å². The normalized spacial score (nSPS) is 13.4. The molecule has 0 aliphatic heterocycles. The zero-order valence-corrected chi connectivity index (χ0v) is 9.53. The smallest absolute Gasteiger partial charge is 0.0887 e. The molecule has 0 aliphatic rings. The minimum absolute atomic E-state index is 0.417. The van der Waals surface area contributed by atoms with Crippen LogP contribution in [0.5, 0.6) is 0 Å². The number of aliphatic hydroxyl groups is 1. The van der Waals surface area contributed by atoms with Crippen molar-refractivity contribution in [1.29, 1.82) is 0 Å². The van der Waals surface area contributed by atoms with Crippen LogP contribution in [-0.4, -0.2) is 15.0 Å². The first-order chi connectivity index (χ1) is 6.72. The highest BCUT2D eigenvalue weighted by Crippen LogP contribution is 2.21. The monoisotopic (exact) mass is 253 g/mol. The number of fused-ring (bicyclic) bond motifs is 1. The van der Waals surface area contributed by atoms with Crippen molar-refractivity contribution in [3.8, 4) is 0 Å². The Morgan fingerprint density at radius 1 is 1.43 bits per heavy atom. The average Bonchev–Trinajstić information content (AvgIpc) is 2.59. The van der Waals surface area contributed by atoms with Gasteiger partial charge >= 0.3 is 0 Å². The molecule has 0 spiro atoms. The number of aliphatic hydroxyl groups excluding tert-OH is 1. The van der Waals surface area contributed by atoms with E-state index in [1.165, 1.54) is 10.9 Å². The molecule has 0 saturated heterocycles. The van der Waals surface area contributed by atoms with Crippen LogP contribution in [0.4, 0.5) is 0 Å². The molecular weight excluding hydrogens is 242 g/mol. The fraction of sp³-hybridized carbons (Fsp3) is 0.273. The van der Waals surface area contributed by atoms with Gasteiger partial charge in [0.2, 0.25) is 0 Å². The predicted molar refractivity (Wildman–Crippen MR) is 61.7 cm³/mol. The maximum absolute atomic E-state index is 9.64. The number of hydrogen-bond donors (Lipinski definition) is 1. The van der Waals surface area contributed by atoms with E-state index >= 15 is 0 Å². The Morgan fingerprint density at radius 2 is 2.21 bits per heavy atom. The lowest BCUT2D eigenvalue weighted by Gasteiger charge is -2.07. The Kier molecular flexibility index (Phi) is 2.61. The second-order valence-electron chi connectivity index (χ2n) is 3.41. The lowest BCUT2D eigenvalue weighted by Crippen LogP contribution is -1.97. The number of aryl methyl sites for hydroxylation is 1. The number of hydrogen-bond acceptors (Lipinski definition) is 1. The van der Waals surface area contributed by atoms with Crippen molar-refractivity contribution in [3.63, 3.8) is 0 Å². The lowest BCUT2D eigenvalue weighted by molar-refractivity contribution is 0.205. The zero-order valence-electron chi connectivity index (χ0n) is 7.94. The molecule has 0 aliphatic carbocycles. The molecule has 1 heterocycles. The van der Waals surface area contributed by atoms with E-state index in [0.29, 0.717) is 5.33 Å². The third-order valence-corrected chi connectivity index (χ3v) is 3.05. The SMILES string of the molecule is Cn1ccc2cc(C(O)CBr)ccc21. The van der Waals surface area contributed by atoms with Gasteiger partial charge in [-0.1, -0.05) is 22.0 Å². The second-order valence-corrected chi connectivity index (χ2v) is 4.06. The Balaban J connectivity index is 2.52. The zero-order chi connectivity index (χ0) is 10.1. The van der Waals surface area contributed by atoms with Gasteiger partial charge in [0.15, 0.2) is 0 Å². The maximum Gasteiger partial charge on any atom is 0.0887 e. The van der Waals surface area contributed by atoms with E-state index in [0.717, 1.165) is 5.56 Å². The molecule has 1 aromatic heterocycles. The van der Waals surface area contributed by atoms with Crippen LogP contribution in [0.3, 0.4) is 0 Å². The Bertz CT molecular complexity index is 449. The van der Waals surface area contributed by atoms with Crippen molar-refractivity contribution >= 4 is 26.8 Å². The Hall–Kier alpha value is -0.800. The molecule has 2 nitrogen and oxygen atoms in total. The van der Waals surface area contributed by atoms with Crippen molar-refractivity contribution in [2.24, 2.45) is 7.05 Å². The highest BCUT2D eigenvalue weighted by Gasteiger charge is 2.06. The molecule has 3 heteroatoms. The molecule has 0 radical (unpaired) electrons. The van der Waals surface area contributed by atoms with Crippen LogP contribution in [-0.2, 0) is 7.05 Å². The molecule has 14 heavy (non-hydrogen) atoms. The lowest BCUT2D eigenvalue weighted by atomic mass is 10.1. The van der Waals surface area contributed by atoms with Gasteiger partial charge in [0.25, 0.3) is 0 Å². The van der Waals surface area contributed by atoms with E-state index in [1.807, 2.05) is 31.4 Å². The van der Waals surface area contributed by atoms with Gasteiger partial charge in [0, 0.05) is 24.1 Å². The van der Waals surface area contributed by atoms with Gasteiger partial charge in [-0.15, -0.1) is 0 Å². The molecular formula is C11H12BrNO. The molecule has 1 unspecified atom stereocenters. The minimum atomic E-state index is -0.417. The summed E-state index contributed by atoms with van der Waals surface area (Å²) in [6, 6.07) is 8.09. The van der Waals surface area contributed by atoms with E-state index in [2.05, 4.69) is 26.6 Å². The van der Waals surface area contributed by atoms with E-state index in [4.69, 9.17) is 0 Å². The summed E-state index contributed by atoms with van der Waals surface area (Å²) in [6.45, 7) is 0. The minimum Gasteiger partial charge on any atom is -0.388 e. The predicted octanol–water partition coefficient (Wildman–Crippen LogP) is 2.61. The van der Waals surface area contributed by atoms with Crippen LogP contribution in [0.1, 0.15) is 11.7 Å². The van der Waals surface area contributed by atoms with Gasteiger partial charge in [0.1, 0.15) is 0 Å². The molecule has 1 atom stereocenters. The summed E-state index contributed by atoms with van der Waals surface area (Å²) in [5.41, 5.74) is 2.15. The van der Waals surface area contributed by atoms with Crippen LogP contribution in [0.15, 0.2) is 30.5 Å². The van der Waals surface area contributed by atoms with Crippen molar-refractivity contribution in [3.05, 3.63) is 36.0 Å². The van der Waals surface area contributed by atoms with Gasteiger partial charge in [-0.2, -0.15) is 0 Å². The average molecular weight is 254 g/mol. The summed E-state index contributed by atoms with van der Waals surface area (Å²) in [6.07, 6.45) is 1.61. The Morgan fingerprint density at radius 3 is 2.93 bits per heavy atom. The molecule has 0 fully saturated rings. The molecule has 0 amide bonds. The van der Waals surface area contributed by atoms with E-state index in [1.54, 1.807) is 0 Å². The third-order valence-electron chi connectivity index (χ3n) is 2.44. The quantitative estimate of drug-likeness (QED) is 0.819. The largest absolute Gasteiger partial charge is 0.388 e. The summed E-state index contributed by atoms with van der Waals surface area (Å²) in [5, 5.41) is 11.4. The molecule has 1 N–H and O–H groups in total. The van der Waals surface area contributed by atoms with Crippen LogP contribution in [0.2, 0.25) is 0 Å². The number of aromatic nitrogens is 1. The fourth-order valence-electron chi connectivity index (χ4n) is 1.60. The van der Waals surface area contributed by atoms with Gasteiger partial charge in [0.05, 0.1) is 6.10 Å². The number of nitrogens with zero attached hydrogens (tertiary/aromatic N) is 1. The fourth-order valence-corrected chi connectivity index (χ4v) is 1.97. The standard InChI is InChI=1S/C11H12BrNO/c1-13-5-4-8-6-9(11(14)7-12)2-3-10(8)13/h2-6,11,14H,7H2,1H3. The highest BCUT2D eigenvalue weighted by atomic mass is 79.9. The third kappa shape index (κ3) is 1.57. The first-order valence-electron chi connectivity index (χ1n) is 4.51. The summed E-state index contributed by atoms with van der Waals surface area (Å²) in [5.74, 6) is 0. The molecule has 74 valence electrons. The number of alkyl halides is 1. The topological polar surface area (TPSA) is 25.2 Å². The summed E-state index contributed by atoms with van der Waals surface area (Å²) in [7, 11) is 2.02. The number of benzene rings is 1. The molecule has 2 rings (SSSR count). The van der Waals surface area contributed by atoms with Gasteiger partial charge < -0.3 is 9.67 Å².